The second kappa shape index (κ2) is 7.45. The van der Waals surface area contributed by atoms with E-state index in [4.69, 9.17) is 5.73 Å². The zero-order chi connectivity index (χ0) is 20.6. The molecule has 150 valence electrons. The Hall–Kier alpha value is -2.98. The van der Waals surface area contributed by atoms with Gasteiger partial charge in [0.25, 0.3) is 5.91 Å². The Balaban J connectivity index is 1.63. The first-order valence-electron chi connectivity index (χ1n) is 8.87. The summed E-state index contributed by atoms with van der Waals surface area (Å²) in [4.78, 5) is 24.8. The normalized spacial score (nSPS) is 17.9. The molecule has 29 heavy (non-hydrogen) atoms. The summed E-state index contributed by atoms with van der Waals surface area (Å²) in [5, 5.41) is 9.08. The molecule has 1 aliphatic rings. The third-order valence-corrected chi connectivity index (χ3v) is 7.37. The second-order valence-corrected chi connectivity index (χ2v) is 9.97. The Kier molecular flexibility index (Phi) is 4.97. The van der Waals surface area contributed by atoms with Gasteiger partial charge in [-0.25, -0.2) is 8.42 Å². The first-order chi connectivity index (χ1) is 13.8. The predicted molar refractivity (Wildman–Crippen MR) is 111 cm³/mol. The van der Waals surface area contributed by atoms with E-state index in [1.165, 1.54) is 23.5 Å². The molecular formula is C19H18N4O4S2. The fraction of sp³-hybridized carbons (Fsp3) is 0.211. The number of sulfone groups is 1. The molecule has 1 saturated heterocycles. The molecule has 3 N–H and O–H groups in total. The average molecular weight is 431 g/mol. The summed E-state index contributed by atoms with van der Waals surface area (Å²) >= 11 is 1.50. The molecule has 0 bridgehead atoms. The molecular weight excluding hydrogens is 412 g/mol. The molecule has 1 aromatic carbocycles. The molecule has 1 fully saturated rings. The van der Waals surface area contributed by atoms with Crippen LogP contribution in [0.15, 0.2) is 47.8 Å². The van der Waals surface area contributed by atoms with Crippen LogP contribution in [0.25, 0.3) is 10.6 Å². The Bertz CT molecular complexity index is 1170. The lowest BCUT2D eigenvalue weighted by Gasteiger charge is -2.12. The van der Waals surface area contributed by atoms with E-state index in [1.54, 1.807) is 22.9 Å². The molecule has 0 aliphatic carbocycles. The summed E-state index contributed by atoms with van der Waals surface area (Å²) in [5.41, 5.74) is 6.97. The van der Waals surface area contributed by atoms with Gasteiger partial charge in [0.15, 0.2) is 15.5 Å². The Morgan fingerprint density at radius 1 is 1.21 bits per heavy atom. The smallest absolute Gasteiger partial charge is 0.276 e. The van der Waals surface area contributed by atoms with Gasteiger partial charge in [-0.1, -0.05) is 6.07 Å². The van der Waals surface area contributed by atoms with Crippen molar-refractivity contribution in [1.82, 2.24) is 9.78 Å². The summed E-state index contributed by atoms with van der Waals surface area (Å²) in [7, 11) is -3.10. The third kappa shape index (κ3) is 4.08. The number of nitrogens with one attached hydrogen (secondary N) is 1. The molecule has 8 nitrogen and oxygen atoms in total. The highest BCUT2D eigenvalue weighted by Crippen LogP contribution is 2.32. The number of benzene rings is 1. The molecule has 1 unspecified atom stereocenters. The minimum atomic E-state index is -3.10. The molecule has 10 heteroatoms. The van der Waals surface area contributed by atoms with Gasteiger partial charge in [0.1, 0.15) is 0 Å². The van der Waals surface area contributed by atoms with E-state index in [-0.39, 0.29) is 23.2 Å². The van der Waals surface area contributed by atoms with Crippen LogP contribution in [0.3, 0.4) is 0 Å². The van der Waals surface area contributed by atoms with Crippen molar-refractivity contribution in [3.05, 3.63) is 59.1 Å². The zero-order valence-electron chi connectivity index (χ0n) is 15.2. The lowest BCUT2D eigenvalue weighted by atomic mass is 10.2. The maximum absolute atomic E-state index is 12.7. The van der Waals surface area contributed by atoms with Crippen LogP contribution in [0.2, 0.25) is 0 Å². The van der Waals surface area contributed by atoms with Crippen LogP contribution in [-0.2, 0) is 9.84 Å². The van der Waals surface area contributed by atoms with Crippen LogP contribution in [0, 0.1) is 0 Å². The number of carbonyl (C=O) groups excluding carboxylic acids is 2. The molecule has 1 atom stereocenters. The van der Waals surface area contributed by atoms with E-state index in [0.29, 0.717) is 17.7 Å². The molecule has 0 radical (unpaired) electrons. The van der Waals surface area contributed by atoms with Gasteiger partial charge in [-0.15, -0.1) is 11.3 Å². The van der Waals surface area contributed by atoms with Crippen LogP contribution >= 0.6 is 11.3 Å². The predicted octanol–water partition coefficient (Wildman–Crippen LogP) is 2.32. The largest absolute Gasteiger partial charge is 0.366 e. The molecule has 0 saturated carbocycles. The number of nitrogens with zero attached hydrogens (tertiary/aromatic N) is 2. The van der Waals surface area contributed by atoms with E-state index in [9.17, 15) is 18.0 Å². The maximum Gasteiger partial charge on any atom is 0.276 e. The van der Waals surface area contributed by atoms with Crippen LogP contribution in [-0.4, -0.2) is 41.5 Å². The molecule has 1 aliphatic heterocycles. The molecule has 2 amide bonds. The number of aromatic nitrogens is 2. The van der Waals surface area contributed by atoms with Crippen LogP contribution < -0.4 is 11.1 Å². The van der Waals surface area contributed by atoms with Crippen molar-refractivity contribution in [3.63, 3.8) is 0 Å². The zero-order valence-corrected chi connectivity index (χ0v) is 16.9. The van der Waals surface area contributed by atoms with Gasteiger partial charge in [0.05, 0.1) is 28.1 Å². The number of hydrogen-bond acceptors (Lipinski definition) is 6. The van der Waals surface area contributed by atoms with Crippen LogP contribution in [0.5, 0.6) is 0 Å². The van der Waals surface area contributed by atoms with Gasteiger partial charge < -0.3 is 11.1 Å². The van der Waals surface area contributed by atoms with Gasteiger partial charge in [0.2, 0.25) is 5.91 Å². The van der Waals surface area contributed by atoms with Gasteiger partial charge >= 0.3 is 0 Å². The Morgan fingerprint density at radius 3 is 2.55 bits per heavy atom. The van der Waals surface area contributed by atoms with Gasteiger partial charge in [0, 0.05) is 11.3 Å². The first kappa shape index (κ1) is 19.3. The van der Waals surface area contributed by atoms with Crippen LogP contribution in [0.1, 0.15) is 33.3 Å². The van der Waals surface area contributed by atoms with E-state index >= 15 is 0 Å². The van der Waals surface area contributed by atoms with Gasteiger partial charge in [-0.05, 0) is 48.2 Å². The SMILES string of the molecule is NC(=O)c1ccc(NC(=O)c2cc(-c3cccs3)n(C3CCS(=O)(=O)C3)n2)cc1. The maximum atomic E-state index is 12.7. The summed E-state index contributed by atoms with van der Waals surface area (Å²) in [5.74, 6) is -0.833. The summed E-state index contributed by atoms with van der Waals surface area (Å²) < 4.78 is 25.5. The van der Waals surface area contributed by atoms with Gasteiger partial charge in [-0.2, -0.15) is 5.10 Å². The lowest BCUT2D eigenvalue weighted by Crippen LogP contribution is -2.16. The number of nitrogens with two attached hydrogens (primary N) is 1. The second-order valence-electron chi connectivity index (χ2n) is 6.79. The van der Waals surface area contributed by atoms with Gasteiger partial charge in [-0.3, -0.25) is 14.3 Å². The number of amides is 2. The highest BCUT2D eigenvalue weighted by atomic mass is 32.2. The standard InChI is InChI=1S/C19H18N4O4S2/c20-18(24)12-3-5-13(6-4-12)21-19(25)15-10-16(17-2-1-8-28-17)23(22-15)14-7-9-29(26,27)11-14/h1-6,8,10,14H,7,9,11H2,(H2,20,24)(H,21,25). The number of thiophene rings is 1. The number of anilines is 1. The van der Waals surface area contributed by atoms with Crippen molar-refractivity contribution in [2.75, 3.05) is 16.8 Å². The third-order valence-electron chi connectivity index (χ3n) is 4.72. The molecule has 4 rings (SSSR count). The Morgan fingerprint density at radius 2 is 1.97 bits per heavy atom. The first-order valence-corrected chi connectivity index (χ1v) is 11.6. The number of primary amides is 1. The monoisotopic (exact) mass is 430 g/mol. The topological polar surface area (TPSA) is 124 Å². The highest BCUT2D eigenvalue weighted by molar-refractivity contribution is 7.91. The Labute approximate surface area is 171 Å². The van der Waals surface area contributed by atoms with Crippen molar-refractivity contribution in [2.45, 2.75) is 12.5 Å². The minimum absolute atomic E-state index is 0.0166. The van der Waals surface area contributed by atoms with Crippen molar-refractivity contribution in [1.29, 1.82) is 0 Å². The van der Waals surface area contributed by atoms with Crippen LogP contribution in [0.4, 0.5) is 5.69 Å². The van der Waals surface area contributed by atoms with Crippen molar-refractivity contribution in [3.8, 4) is 10.6 Å². The summed E-state index contributed by atoms with van der Waals surface area (Å²) in [6.45, 7) is 0. The fourth-order valence-corrected chi connectivity index (χ4v) is 5.70. The van der Waals surface area contributed by atoms with Crippen molar-refractivity contribution < 1.29 is 18.0 Å². The van der Waals surface area contributed by atoms with Crippen molar-refractivity contribution in [2.24, 2.45) is 5.73 Å². The summed E-state index contributed by atoms with van der Waals surface area (Å²) in [6.07, 6.45) is 0.470. The number of hydrogen-bond donors (Lipinski definition) is 2. The average Bonchev–Trinajstić information content (AvgIpc) is 3.40. The van der Waals surface area contributed by atoms with E-state index in [2.05, 4.69) is 10.4 Å². The van der Waals surface area contributed by atoms with E-state index in [1.807, 2.05) is 17.5 Å². The minimum Gasteiger partial charge on any atom is -0.366 e. The number of rotatable bonds is 5. The highest BCUT2D eigenvalue weighted by Gasteiger charge is 2.32. The fourth-order valence-electron chi connectivity index (χ4n) is 3.27. The molecule has 0 spiro atoms. The molecule has 2 aromatic heterocycles. The quantitative estimate of drug-likeness (QED) is 0.643. The lowest BCUT2D eigenvalue weighted by molar-refractivity contribution is 0.0997. The number of carbonyl (C=O) groups is 2. The van der Waals surface area contributed by atoms with E-state index in [0.717, 1.165) is 10.6 Å². The summed E-state index contributed by atoms with van der Waals surface area (Å²) in [6, 6.07) is 11.4. The van der Waals surface area contributed by atoms with Crippen molar-refractivity contribution >= 4 is 38.7 Å². The molecule has 3 aromatic rings. The molecule has 3 heterocycles. The van der Waals surface area contributed by atoms with E-state index < -0.39 is 21.7 Å².